The topological polar surface area (TPSA) is 45.2 Å². The molecule has 0 atom stereocenters. The Bertz CT molecular complexity index is 1090. The van der Waals surface area contributed by atoms with Crippen molar-refractivity contribution in [2.45, 2.75) is 25.7 Å². The number of piperidine rings is 1. The fourth-order valence-electron chi connectivity index (χ4n) is 4.96. The molecule has 4 nitrogen and oxygen atoms in total. The molecule has 0 radical (unpaired) electrons. The third kappa shape index (κ3) is 3.69. The van der Waals surface area contributed by atoms with Gasteiger partial charge in [0.15, 0.2) is 0 Å². The summed E-state index contributed by atoms with van der Waals surface area (Å²) in [5.74, 6) is -0.0131. The quantitative estimate of drug-likeness (QED) is 0.531. The van der Waals surface area contributed by atoms with Gasteiger partial charge in [-0.1, -0.05) is 15.9 Å². The van der Waals surface area contributed by atoms with Gasteiger partial charge in [-0.2, -0.15) is 0 Å². The highest BCUT2D eigenvalue weighted by atomic mass is 79.9. The highest BCUT2D eigenvalue weighted by molar-refractivity contribution is 9.10. The van der Waals surface area contributed by atoms with Crippen LogP contribution in [-0.4, -0.2) is 24.0 Å². The summed E-state index contributed by atoms with van der Waals surface area (Å²) < 4.78 is 14.8. The summed E-state index contributed by atoms with van der Waals surface area (Å²) in [6.45, 7) is 1.85. The SMILES string of the molecule is O=C(Nc1ccc(Br)cc1)C1CC2(CCN(c3ccnc4ccc(F)cc34)CC2)C1. The molecule has 154 valence electrons. The number of carbonyl (C=O) groups is 1. The Morgan fingerprint density at radius 2 is 1.83 bits per heavy atom. The molecular formula is C24H23BrFN3O. The number of aromatic nitrogens is 1. The first-order valence-electron chi connectivity index (χ1n) is 10.4. The zero-order chi connectivity index (χ0) is 20.7. The highest BCUT2D eigenvalue weighted by Crippen LogP contribution is 2.53. The van der Waals surface area contributed by atoms with Gasteiger partial charge < -0.3 is 10.2 Å². The molecule has 6 heteroatoms. The van der Waals surface area contributed by atoms with Crippen LogP contribution in [0.2, 0.25) is 0 Å². The normalized spacial score (nSPS) is 18.4. The van der Waals surface area contributed by atoms with Crippen LogP contribution in [0.1, 0.15) is 25.7 Å². The number of nitrogens with zero attached hydrogens (tertiary/aromatic N) is 2. The van der Waals surface area contributed by atoms with Crippen molar-refractivity contribution in [3.05, 3.63) is 65.0 Å². The van der Waals surface area contributed by atoms with Gasteiger partial charge in [-0.05, 0) is 79.6 Å². The maximum absolute atomic E-state index is 13.8. The first kappa shape index (κ1) is 19.5. The van der Waals surface area contributed by atoms with Gasteiger partial charge in [-0.25, -0.2) is 4.39 Å². The van der Waals surface area contributed by atoms with Crippen molar-refractivity contribution in [2.75, 3.05) is 23.3 Å². The molecule has 5 rings (SSSR count). The molecule has 1 aliphatic carbocycles. The van der Waals surface area contributed by atoms with Gasteiger partial charge >= 0.3 is 0 Å². The number of nitrogens with one attached hydrogen (secondary N) is 1. The average molecular weight is 468 g/mol. The second-order valence-electron chi connectivity index (χ2n) is 8.58. The largest absolute Gasteiger partial charge is 0.371 e. The molecule has 1 saturated carbocycles. The Kier molecular flexibility index (Phi) is 4.97. The lowest BCUT2D eigenvalue weighted by molar-refractivity contribution is -0.128. The number of amides is 1. The summed E-state index contributed by atoms with van der Waals surface area (Å²) >= 11 is 3.41. The molecule has 0 unspecified atom stereocenters. The lowest BCUT2D eigenvalue weighted by atomic mass is 9.57. The molecule has 2 fully saturated rings. The number of pyridine rings is 1. The highest BCUT2D eigenvalue weighted by Gasteiger charge is 2.48. The van der Waals surface area contributed by atoms with E-state index in [0.717, 1.165) is 65.5 Å². The van der Waals surface area contributed by atoms with E-state index in [1.165, 1.54) is 6.07 Å². The second-order valence-corrected chi connectivity index (χ2v) is 9.50. The van der Waals surface area contributed by atoms with Gasteiger partial charge in [-0.3, -0.25) is 9.78 Å². The molecule has 1 saturated heterocycles. The number of fused-ring (bicyclic) bond motifs is 1. The van der Waals surface area contributed by atoms with E-state index in [-0.39, 0.29) is 23.1 Å². The van der Waals surface area contributed by atoms with Gasteiger partial charge in [0.1, 0.15) is 5.82 Å². The average Bonchev–Trinajstić information content (AvgIpc) is 2.73. The fraction of sp³-hybridized carbons (Fsp3) is 0.333. The smallest absolute Gasteiger partial charge is 0.227 e. The number of anilines is 2. The fourth-order valence-corrected chi connectivity index (χ4v) is 5.22. The van der Waals surface area contributed by atoms with Crippen LogP contribution in [0.25, 0.3) is 10.9 Å². The monoisotopic (exact) mass is 467 g/mol. The van der Waals surface area contributed by atoms with Crippen LogP contribution in [-0.2, 0) is 4.79 Å². The molecule has 1 amide bonds. The third-order valence-electron chi connectivity index (χ3n) is 6.69. The minimum Gasteiger partial charge on any atom is -0.371 e. The van der Waals surface area contributed by atoms with Gasteiger partial charge in [0.25, 0.3) is 0 Å². The van der Waals surface area contributed by atoms with Gasteiger partial charge in [0.2, 0.25) is 5.91 Å². The van der Waals surface area contributed by atoms with Crippen molar-refractivity contribution in [3.8, 4) is 0 Å². The summed E-state index contributed by atoms with van der Waals surface area (Å²) in [6, 6.07) is 14.4. The molecule has 3 aromatic rings. The van der Waals surface area contributed by atoms with Crippen LogP contribution in [0.5, 0.6) is 0 Å². The Balaban J connectivity index is 1.21. The molecular weight excluding hydrogens is 445 g/mol. The van der Waals surface area contributed by atoms with E-state index in [1.54, 1.807) is 18.3 Å². The van der Waals surface area contributed by atoms with E-state index in [9.17, 15) is 9.18 Å². The first-order chi connectivity index (χ1) is 14.5. The van der Waals surface area contributed by atoms with E-state index in [4.69, 9.17) is 0 Å². The molecule has 2 heterocycles. The Labute approximate surface area is 183 Å². The summed E-state index contributed by atoms with van der Waals surface area (Å²) in [6.07, 6.45) is 5.83. The van der Waals surface area contributed by atoms with Crippen LogP contribution in [0.4, 0.5) is 15.8 Å². The Hall–Kier alpha value is -2.47. The zero-order valence-corrected chi connectivity index (χ0v) is 18.2. The molecule has 1 N–H and O–H groups in total. The van der Waals surface area contributed by atoms with Crippen molar-refractivity contribution >= 4 is 44.1 Å². The Morgan fingerprint density at radius 1 is 1.10 bits per heavy atom. The summed E-state index contributed by atoms with van der Waals surface area (Å²) in [4.78, 5) is 19.3. The molecule has 2 aliphatic rings. The van der Waals surface area contributed by atoms with E-state index in [0.29, 0.717) is 0 Å². The van der Waals surface area contributed by atoms with Crippen molar-refractivity contribution in [2.24, 2.45) is 11.3 Å². The lowest BCUT2D eigenvalue weighted by Crippen LogP contribution is -2.50. The number of benzene rings is 2. The summed E-state index contributed by atoms with van der Waals surface area (Å²) in [5, 5.41) is 3.91. The molecule has 2 aromatic carbocycles. The van der Waals surface area contributed by atoms with Crippen molar-refractivity contribution < 1.29 is 9.18 Å². The van der Waals surface area contributed by atoms with E-state index >= 15 is 0 Å². The van der Waals surface area contributed by atoms with Crippen molar-refractivity contribution in [3.63, 3.8) is 0 Å². The van der Waals surface area contributed by atoms with Crippen LogP contribution >= 0.6 is 15.9 Å². The van der Waals surface area contributed by atoms with Crippen LogP contribution in [0, 0.1) is 17.2 Å². The number of carbonyl (C=O) groups excluding carboxylic acids is 1. The third-order valence-corrected chi connectivity index (χ3v) is 7.22. The predicted molar refractivity (Wildman–Crippen MR) is 121 cm³/mol. The zero-order valence-electron chi connectivity index (χ0n) is 16.6. The number of halogens is 2. The standard InChI is InChI=1S/C24H23BrFN3O/c25-17-1-4-19(5-2-17)28-23(30)16-14-24(15-16)8-11-29(12-9-24)22-7-10-27-21-6-3-18(26)13-20(21)22/h1-7,10,13,16H,8-9,11-12,14-15H2,(H,28,30). The van der Waals surface area contributed by atoms with Gasteiger partial charge in [-0.15, -0.1) is 0 Å². The van der Waals surface area contributed by atoms with E-state index < -0.39 is 0 Å². The number of hydrogen-bond acceptors (Lipinski definition) is 3. The molecule has 1 spiro atoms. The second kappa shape index (κ2) is 7.65. The van der Waals surface area contributed by atoms with E-state index in [2.05, 4.69) is 31.1 Å². The predicted octanol–water partition coefficient (Wildman–Crippen LogP) is 5.77. The van der Waals surface area contributed by atoms with Crippen LogP contribution < -0.4 is 10.2 Å². The van der Waals surface area contributed by atoms with E-state index in [1.807, 2.05) is 30.3 Å². The maximum atomic E-state index is 13.8. The minimum absolute atomic E-state index is 0.0936. The van der Waals surface area contributed by atoms with Crippen LogP contribution in [0.3, 0.4) is 0 Å². The summed E-state index contributed by atoms with van der Waals surface area (Å²) in [7, 11) is 0. The molecule has 0 bridgehead atoms. The van der Waals surface area contributed by atoms with Crippen molar-refractivity contribution in [1.82, 2.24) is 4.98 Å². The first-order valence-corrected chi connectivity index (χ1v) is 11.2. The lowest BCUT2D eigenvalue weighted by Gasteiger charge is -2.52. The number of rotatable bonds is 3. The molecule has 30 heavy (non-hydrogen) atoms. The van der Waals surface area contributed by atoms with Crippen LogP contribution in [0.15, 0.2) is 59.2 Å². The minimum atomic E-state index is -0.233. The molecule has 1 aliphatic heterocycles. The van der Waals surface area contributed by atoms with Crippen molar-refractivity contribution in [1.29, 1.82) is 0 Å². The molecule has 1 aromatic heterocycles. The number of hydrogen-bond donors (Lipinski definition) is 1. The Morgan fingerprint density at radius 3 is 2.57 bits per heavy atom. The maximum Gasteiger partial charge on any atom is 0.227 e. The van der Waals surface area contributed by atoms with Gasteiger partial charge in [0.05, 0.1) is 5.52 Å². The van der Waals surface area contributed by atoms with Gasteiger partial charge in [0, 0.05) is 46.4 Å². The summed E-state index contributed by atoms with van der Waals surface area (Å²) in [5.41, 5.74) is 2.99.